The van der Waals surface area contributed by atoms with Gasteiger partial charge in [0, 0.05) is 31.0 Å². The Hall–Kier alpha value is -2.97. The molecule has 2 aromatic carbocycles. The summed E-state index contributed by atoms with van der Waals surface area (Å²) >= 11 is 1.28. The Balaban J connectivity index is 1.70. The van der Waals surface area contributed by atoms with Crippen LogP contribution in [0.1, 0.15) is 15.9 Å². The Bertz CT molecular complexity index is 1190. The Morgan fingerprint density at radius 1 is 1.23 bits per heavy atom. The fraction of sp³-hybridized carbons (Fsp3) is 0.261. The van der Waals surface area contributed by atoms with E-state index < -0.39 is 0 Å². The monoisotopic (exact) mass is 439 g/mol. The van der Waals surface area contributed by atoms with E-state index >= 15 is 0 Å². The zero-order valence-corrected chi connectivity index (χ0v) is 17.7. The molecular weight excluding hydrogens is 417 g/mol. The third-order valence-corrected chi connectivity index (χ3v) is 6.12. The lowest BCUT2D eigenvalue weighted by molar-refractivity contribution is 0.0303. The van der Waals surface area contributed by atoms with Gasteiger partial charge in [0.2, 0.25) is 0 Å². The number of rotatable bonds is 6. The van der Waals surface area contributed by atoms with Gasteiger partial charge in [-0.15, -0.1) is 6.58 Å². The second kappa shape index (κ2) is 9.45. The third-order valence-electron chi connectivity index (χ3n) is 5.09. The van der Waals surface area contributed by atoms with Gasteiger partial charge >= 0.3 is 0 Å². The molecule has 1 aliphatic rings. The number of carbonyl (C=O) groups is 1. The minimum absolute atomic E-state index is 0.108. The summed E-state index contributed by atoms with van der Waals surface area (Å²) < 4.78 is 20.8. The predicted octanol–water partition coefficient (Wildman–Crippen LogP) is 3.49. The molecule has 8 heteroatoms. The van der Waals surface area contributed by atoms with E-state index in [-0.39, 0.29) is 23.8 Å². The van der Waals surface area contributed by atoms with Gasteiger partial charge in [0.15, 0.2) is 5.16 Å². The van der Waals surface area contributed by atoms with Crippen LogP contribution in [0.3, 0.4) is 0 Å². The highest BCUT2D eigenvalue weighted by Gasteiger charge is 2.20. The van der Waals surface area contributed by atoms with E-state index in [4.69, 9.17) is 4.74 Å². The fourth-order valence-corrected chi connectivity index (χ4v) is 4.44. The second-order valence-corrected chi connectivity index (χ2v) is 8.06. The highest BCUT2D eigenvalue weighted by Crippen LogP contribution is 2.24. The molecule has 2 heterocycles. The van der Waals surface area contributed by atoms with Crippen molar-refractivity contribution in [1.29, 1.82) is 0 Å². The molecule has 1 fully saturated rings. The zero-order valence-electron chi connectivity index (χ0n) is 16.9. The van der Waals surface area contributed by atoms with E-state index in [1.165, 1.54) is 22.4 Å². The van der Waals surface area contributed by atoms with Gasteiger partial charge in [-0.1, -0.05) is 36.0 Å². The summed E-state index contributed by atoms with van der Waals surface area (Å²) in [5, 5.41) is 0.882. The number of allylic oxidation sites excluding steroid dienone is 1. The van der Waals surface area contributed by atoms with Crippen molar-refractivity contribution in [3.8, 4) is 0 Å². The van der Waals surface area contributed by atoms with Crippen molar-refractivity contribution in [2.24, 2.45) is 0 Å². The Kier molecular flexibility index (Phi) is 6.48. The first-order valence-corrected chi connectivity index (χ1v) is 11.0. The van der Waals surface area contributed by atoms with E-state index in [1.54, 1.807) is 47.4 Å². The van der Waals surface area contributed by atoms with Gasteiger partial charge in [0.05, 0.1) is 24.1 Å². The number of aromatic nitrogens is 2. The van der Waals surface area contributed by atoms with E-state index in [2.05, 4.69) is 11.6 Å². The first-order valence-electron chi connectivity index (χ1n) is 9.97. The third kappa shape index (κ3) is 4.55. The summed E-state index contributed by atoms with van der Waals surface area (Å²) in [5.41, 5.74) is 1.24. The van der Waals surface area contributed by atoms with Crippen molar-refractivity contribution in [2.45, 2.75) is 17.5 Å². The topological polar surface area (TPSA) is 64.4 Å². The molecule has 1 saturated heterocycles. The first-order chi connectivity index (χ1) is 15.1. The van der Waals surface area contributed by atoms with E-state index in [9.17, 15) is 14.0 Å². The Labute approximate surface area is 183 Å². The minimum Gasteiger partial charge on any atom is -0.378 e. The van der Waals surface area contributed by atoms with Crippen LogP contribution in [0.5, 0.6) is 0 Å². The molecule has 0 radical (unpaired) electrons. The van der Waals surface area contributed by atoms with Crippen molar-refractivity contribution in [1.82, 2.24) is 14.5 Å². The minimum atomic E-state index is -0.299. The van der Waals surface area contributed by atoms with Crippen LogP contribution in [0, 0.1) is 5.82 Å². The molecule has 1 amide bonds. The number of amides is 1. The number of fused-ring (bicyclic) bond motifs is 1. The van der Waals surface area contributed by atoms with Gasteiger partial charge in [-0.05, 0) is 29.8 Å². The maximum Gasteiger partial charge on any atom is 0.262 e. The molecule has 31 heavy (non-hydrogen) atoms. The van der Waals surface area contributed by atoms with Crippen LogP contribution >= 0.6 is 11.8 Å². The lowest BCUT2D eigenvalue weighted by Gasteiger charge is -2.26. The van der Waals surface area contributed by atoms with Gasteiger partial charge in [0.1, 0.15) is 5.82 Å². The number of benzene rings is 2. The molecule has 0 unspecified atom stereocenters. The van der Waals surface area contributed by atoms with Gasteiger partial charge in [-0.3, -0.25) is 14.2 Å². The van der Waals surface area contributed by atoms with Crippen molar-refractivity contribution in [3.63, 3.8) is 0 Å². The smallest absolute Gasteiger partial charge is 0.262 e. The normalized spacial score (nSPS) is 14.0. The standard InChI is InChI=1S/C23H22FN3O3S/c1-2-9-27-22(29)18-8-7-16(21(28)26-10-12-30-13-11-26)14-20(18)25-23(27)31-15-17-5-3-4-6-19(17)24/h2-8,14H,1,9-13,15H2. The summed E-state index contributed by atoms with van der Waals surface area (Å²) in [6.45, 7) is 6.11. The molecule has 0 N–H and O–H groups in total. The highest BCUT2D eigenvalue weighted by atomic mass is 32.2. The van der Waals surface area contributed by atoms with Gasteiger partial charge in [0.25, 0.3) is 11.5 Å². The number of hydrogen-bond acceptors (Lipinski definition) is 5. The summed E-state index contributed by atoms with van der Waals surface area (Å²) in [7, 11) is 0. The number of morpholine rings is 1. The molecule has 6 nitrogen and oxygen atoms in total. The van der Waals surface area contributed by atoms with Crippen LogP contribution in [0.25, 0.3) is 10.9 Å². The van der Waals surface area contributed by atoms with Crippen molar-refractivity contribution in [2.75, 3.05) is 26.3 Å². The molecule has 1 aromatic heterocycles. The largest absolute Gasteiger partial charge is 0.378 e. The van der Waals surface area contributed by atoms with Crippen molar-refractivity contribution < 1.29 is 13.9 Å². The molecular formula is C23H22FN3O3S. The first kappa shape index (κ1) is 21.3. The van der Waals surface area contributed by atoms with Crippen LogP contribution in [0.4, 0.5) is 4.39 Å². The predicted molar refractivity (Wildman–Crippen MR) is 119 cm³/mol. The number of ether oxygens (including phenoxy) is 1. The number of thioether (sulfide) groups is 1. The quantitative estimate of drug-likeness (QED) is 0.334. The fourth-order valence-electron chi connectivity index (χ4n) is 3.44. The number of nitrogens with zero attached hydrogens (tertiary/aromatic N) is 3. The summed E-state index contributed by atoms with van der Waals surface area (Å²) in [4.78, 5) is 32.3. The average Bonchev–Trinajstić information content (AvgIpc) is 2.80. The van der Waals surface area contributed by atoms with Crippen LogP contribution in [0.15, 0.2) is 65.1 Å². The summed E-state index contributed by atoms with van der Waals surface area (Å²) in [6, 6.07) is 11.5. The molecule has 0 saturated carbocycles. The summed E-state index contributed by atoms with van der Waals surface area (Å²) in [5.74, 6) is -0.0802. The zero-order chi connectivity index (χ0) is 21.8. The molecule has 1 aliphatic heterocycles. The Morgan fingerprint density at radius 2 is 2.00 bits per heavy atom. The molecule has 0 aliphatic carbocycles. The van der Waals surface area contributed by atoms with Crippen molar-refractivity contribution in [3.05, 3.63) is 82.4 Å². The van der Waals surface area contributed by atoms with E-state index in [0.717, 1.165) is 0 Å². The van der Waals surface area contributed by atoms with Crippen LogP contribution in [0.2, 0.25) is 0 Å². The number of halogens is 1. The van der Waals surface area contributed by atoms with Crippen LogP contribution in [-0.4, -0.2) is 46.7 Å². The van der Waals surface area contributed by atoms with E-state index in [0.29, 0.717) is 59.2 Å². The lowest BCUT2D eigenvalue weighted by Crippen LogP contribution is -2.40. The van der Waals surface area contributed by atoms with Gasteiger partial charge in [-0.25, -0.2) is 9.37 Å². The van der Waals surface area contributed by atoms with Crippen molar-refractivity contribution >= 4 is 28.6 Å². The SMILES string of the molecule is C=CCn1c(SCc2ccccc2F)nc2cc(C(=O)N3CCOCC3)ccc2c1=O. The molecule has 0 atom stereocenters. The number of carbonyl (C=O) groups excluding carboxylic acids is 1. The molecule has 0 bridgehead atoms. The van der Waals surface area contributed by atoms with Gasteiger partial charge < -0.3 is 9.64 Å². The molecule has 4 rings (SSSR count). The molecule has 0 spiro atoms. The van der Waals surface area contributed by atoms with Crippen LogP contribution < -0.4 is 5.56 Å². The van der Waals surface area contributed by atoms with Gasteiger partial charge in [-0.2, -0.15) is 0 Å². The average molecular weight is 440 g/mol. The maximum absolute atomic E-state index is 14.0. The van der Waals surface area contributed by atoms with E-state index in [1.807, 2.05) is 0 Å². The highest BCUT2D eigenvalue weighted by molar-refractivity contribution is 7.98. The second-order valence-electron chi connectivity index (χ2n) is 7.12. The summed E-state index contributed by atoms with van der Waals surface area (Å²) in [6.07, 6.45) is 1.62. The van der Waals surface area contributed by atoms with Crippen LogP contribution in [-0.2, 0) is 17.0 Å². The molecule has 3 aromatic rings. The maximum atomic E-state index is 14.0. The molecule has 160 valence electrons. The lowest BCUT2D eigenvalue weighted by atomic mass is 10.1. The Morgan fingerprint density at radius 3 is 2.74 bits per heavy atom. The number of hydrogen-bond donors (Lipinski definition) is 0.